The molecule has 0 spiro atoms. The maximum atomic E-state index is 12.2. The van der Waals surface area contributed by atoms with Gasteiger partial charge in [-0.05, 0) is 31.2 Å². The Morgan fingerprint density at radius 1 is 1.00 bits per heavy atom. The van der Waals surface area contributed by atoms with Crippen LogP contribution in [0.25, 0.3) is 0 Å². The summed E-state index contributed by atoms with van der Waals surface area (Å²) in [6.07, 6.45) is 7.99. The van der Waals surface area contributed by atoms with Crippen LogP contribution >= 0.6 is 24.0 Å². The van der Waals surface area contributed by atoms with Crippen LogP contribution in [0.3, 0.4) is 0 Å². The summed E-state index contributed by atoms with van der Waals surface area (Å²) < 4.78 is 0. The number of nitrogens with one attached hydrogen (secondary N) is 3. The zero-order valence-electron chi connectivity index (χ0n) is 18.2. The topological polar surface area (TPSA) is 68.8 Å². The highest BCUT2D eigenvalue weighted by Gasteiger charge is 2.21. The summed E-state index contributed by atoms with van der Waals surface area (Å²) >= 11 is 0. The van der Waals surface area contributed by atoms with Crippen LogP contribution in [-0.4, -0.2) is 56.0 Å². The van der Waals surface area contributed by atoms with Crippen molar-refractivity contribution >= 4 is 35.8 Å². The minimum absolute atomic E-state index is 0. The van der Waals surface area contributed by atoms with Gasteiger partial charge < -0.3 is 16.0 Å². The SMILES string of the molecule is CN=C(NCCNC(=O)C1CCCCC1)NC1CCN(Cc2ccccc2)CC1.I. The molecule has 3 N–H and O–H groups in total. The molecule has 1 aliphatic carbocycles. The van der Waals surface area contributed by atoms with E-state index in [1.807, 2.05) is 0 Å². The van der Waals surface area contributed by atoms with E-state index in [0.717, 1.165) is 51.3 Å². The average Bonchev–Trinajstić information content (AvgIpc) is 2.78. The first-order valence-corrected chi connectivity index (χ1v) is 11.3. The fourth-order valence-corrected chi connectivity index (χ4v) is 4.34. The summed E-state index contributed by atoms with van der Waals surface area (Å²) in [7, 11) is 1.81. The first-order valence-electron chi connectivity index (χ1n) is 11.3. The van der Waals surface area contributed by atoms with Crippen LogP contribution in [0.4, 0.5) is 0 Å². The molecule has 1 amide bonds. The second-order valence-electron chi connectivity index (χ2n) is 8.31. The van der Waals surface area contributed by atoms with Gasteiger partial charge >= 0.3 is 0 Å². The third-order valence-electron chi connectivity index (χ3n) is 6.09. The highest BCUT2D eigenvalue weighted by molar-refractivity contribution is 14.0. The quantitative estimate of drug-likeness (QED) is 0.221. The summed E-state index contributed by atoms with van der Waals surface area (Å²) in [5.74, 6) is 1.28. The zero-order chi connectivity index (χ0) is 20.3. The van der Waals surface area contributed by atoms with Gasteiger partial charge in [-0.3, -0.25) is 14.7 Å². The number of carbonyl (C=O) groups is 1. The number of likely N-dealkylation sites (tertiary alicyclic amines) is 1. The molecule has 0 atom stereocenters. The van der Waals surface area contributed by atoms with E-state index in [0.29, 0.717) is 19.1 Å². The largest absolute Gasteiger partial charge is 0.355 e. The Balaban J connectivity index is 0.00000320. The number of halogens is 1. The molecule has 0 unspecified atom stereocenters. The minimum Gasteiger partial charge on any atom is -0.355 e. The fourth-order valence-electron chi connectivity index (χ4n) is 4.34. The summed E-state index contributed by atoms with van der Waals surface area (Å²) in [5, 5.41) is 9.95. The third kappa shape index (κ3) is 8.41. The second kappa shape index (κ2) is 13.9. The van der Waals surface area contributed by atoms with E-state index < -0.39 is 0 Å². The summed E-state index contributed by atoms with van der Waals surface area (Å²) in [6.45, 7) is 4.57. The molecule has 1 aromatic carbocycles. The van der Waals surface area contributed by atoms with Crippen molar-refractivity contribution in [3.8, 4) is 0 Å². The number of nitrogens with zero attached hydrogens (tertiary/aromatic N) is 2. The average molecular weight is 527 g/mol. The summed E-state index contributed by atoms with van der Waals surface area (Å²) in [6, 6.07) is 11.1. The van der Waals surface area contributed by atoms with Gasteiger partial charge in [-0.2, -0.15) is 0 Å². The molecule has 1 aromatic rings. The fraction of sp³-hybridized carbons (Fsp3) is 0.652. The Hall–Kier alpha value is -1.35. The van der Waals surface area contributed by atoms with Crippen LogP contribution in [-0.2, 0) is 11.3 Å². The number of piperidine rings is 1. The number of carbonyl (C=O) groups excluding carboxylic acids is 1. The third-order valence-corrected chi connectivity index (χ3v) is 6.09. The molecule has 2 aliphatic rings. The van der Waals surface area contributed by atoms with E-state index in [2.05, 4.69) is 56.2 Å². The number of amides is 1. The van der Waals surface area contributed by atoms with Gasteiger partial charge in [0.05, 0.1) is 0 Å². The van der Waals surface area contributed by atoms with E-state index in [1.165, 1.54) is 24.8 Å². The molecule has 2 fully saturated rings. The van der Waals surface area contributed by atoms with E-state index in [-0.39, 0.29) is 35.8 Å². The number of hydrogen-bond acceptors (Lipinski definition) is 3. The molecule has 6 nitrogen and oxygen atoms in total. The van der Waals surface area contributed by atoms with Crippen LogP contribution in [0.15, 0.2) is 35.3 Å². The van der Waals surface area contributed by atoms with E-state index >= 15 is 0 Å². The molecule has 1 heterocycles. The van der Waals surface area contributed by atoms with Crippen molar-refractivity contribution in [1.29, 1.82) is 0 Å². The standard InChI is InChI=1S/C23H37N5O.HI/c1-24-23(26-15-14-25-22(29)20-10-6-3-7-11-20)27-21-12-16-28(17-13-21)18-19-8-4-2-5-9-19;/h2,4-5,8-9,20-21H,3,6-7,10-18H2,1H3,(H,25,29)(H2,24,26,27);1H. The molecule has 0 radical (unpaired) electrons. The number of rotatable bonds is 7. The van der Waals surface area contributed by atoms with Gasteiger partial charge in [-0.25, -0.2) is 0 Å². The molecule has 0 aromatic heterocycles. The molecule has 7 heteroatoms. The maximum absolute atomic E-state index is 12.2. The van der Waals surface area contributed by atoms with Crippen LogP contribution in [0, 0.1) is 5.92 Å². The molecule has 168 valence electrons. The van der Waals surface area contributed by atoms with Crippen molar-refractivity contribution < 1.29 is 4.79 Å². The van der Waals surface area contributed by atoms with Crippen LogP contribution in [0.2, 0.25) is 0 Å². The van der Waals surface area contributed by atoms with Gasteiger partial charge in [-0.15, -0.1) is 24.0 Å². The molecule has 1 saturated carbocycles. The monoisotopic (exact) mass is 527 g/mol. The zero-order valence-corrected chi connectivity index (χ0v) is 20.6. The number of guanidine groups is 1. The van der Waals surface area contributed by atoms with Gasteiger partial charge in [0, 0.05) is 51.7 Å². The van der Waals surface area contributed by atoms with E-state index in [1.54, 1.807) is 7.05 Å². The van der Waals surface area contributed by atoms with Crippen molar-refractivity contribution in [3.63, 3.8) is 0 Å². The second-order valence-corrected chi connectivity index (χ2v) is 8.31. The van der Waals surface area contributed by atoms with Gasteiger partial charge in [0.25, 0.3) is 0 Å². The lowest BCUT2D eigenvalue weighted by Gasteiger charge is -2.33. The number of hydrogen-bond donors (Lipinski definition) is 3. The highest BCUT2D eigenvalue weighted by atomic mass is 127. The molecule has 3 rings (SSSR count). The highest BCUT2D eigenvalue weighted by Crippen LogP contribution is 2.23. The molecular weight excluding hydrogens is 489 g/mol. The van der Waals surface area contributed by atoms with Gasteiger partial charge in [0.2, 0.25) is 5.91 Å². The van der Waals surface area contributed by atoms with Crippen molar-refractivity contribution in [2.45, 2.75) is 57.5 Å². The maximum Gasteiger partial charge on any atom is 0.223 e. The Morgan fingerprint density at radius 3 is 2.33 bits per heavy atom. The van der Waals surface area contributed by atoms with Crippen molar-refractivity contribution in [2.75, 3.05) is 33.2 Å². The lowest BCUT2D eigenvalue weighted by Crippen LogP contribution is -2.49. The van der Waals surface area contributed by atoms with E-state index in [4.69, 9.17) is 0 Å². The van der Waals surface area contributed by atoms with Gasteiger partial charge in [0.15, 0.2) is 5.96 Å². The Bertz CT molecular complexity index is 640. The molecule has 30 heavy (non-hydrogen) atoms. The van der Waals surface area contributed by atoms with E-state index in [9.17, 15) is 4.79 Å². The van der Waals surface area contributed by atoms with Crippen LogP contribution in [0.5, 0.6) is 0 Å². The smallest absolute Gasteiger partial charge is 0.223 e. The number of aliphatic imine (C=N–C) groups is 1. The first-order chi connectivity index (χ1) is 14.2. The number of benzene rings is 1. The molecule has 0 bridgehead atoms. The first kappa shape index (κ1) is 24.9. The predicted molar refractivity (Wildman–Crippen MR) is 134 cm³/mol. The van der Waals surface area contributed by atoms with Crippen LogP contribution < -0.4 is 16.0 Å². The minimum atomic E-state index is 0. The Labute approximate surface area is 198 Å². The van der Waals surface area contributed by atoms with Crippen molar-refractivity contribution in [2.24, 2.45) is 10.9 Å². The lowest BCUT2D eigenvalue weighted by molar-refractivity contribution is -0.125. The van der Waals surface area contributed by atoms with Crippen LogP contribution in [0.1, 0.15) is 50.5 Å². The van der Waals surface area contributed by atoms with Crippen molar-refractivity contribution in [3.05, 3.63) is 35.9 Å². The Kier molecular flexibility index (Phi) is 11.5. The van der Waals surface area contributed by atoms with Gasteiger partial charge in [0.1, 0.15) is 0 Å². The predicted octanol–water partition coefficient (Wildman–Crippen LogP) is 3.13. The molecule has 1 saturated heterocycles. The normalized spacial score (nSPS) is 19.0. The summed E-state index contributed by atoms with van der Waals surface area (Å²) in [4.78, 5) is 19.1. The molecular formula is C23H38IN5O. The lowest BCUT2D eigenvalue weighted by atomic mass is 9.89. The summed E-state index contributed by atoms with van der Waals surface area (Å²) in [5.41, 5.74) is 1.38. The molecule has 1 aliphatic heterocycles. The van der Waals surface area contributed by atoms with Gasteiger partial charge in [-0.1, -0.05) is 49.6 Å². The Morgan fingerprint density at radius 2 is 1.67 bits per heavy atom. The van der Waals surface area contributed by atoms with Crippen molar-refractivity contribution in [1.82, 2.24) is 20.9 Å².